The molecule has 1 atom stereocenters. The van der Waals surface area contributed by atoms with Gasteiger partial charge in [-0.2, -0.15) is 0 Å². The quantitative estimate of drug-likeness (QED) is 0.551. The van der Waals surface area contributed by atoms with E-state index in [4.69, 9.17) is 14.2 Å². The van der Waals surface area contributed by atoms with Gasteiger partial charge in [0.2, 0.25) is 5.79 Å². The van der Waals surface area contributed by atoms with Crippen LogP contribution in [0.15, 0.2) is 11.1 Å². The molecule has 1 saturated heterocycles. The van der Waals surface area contributed by atoms with Crippen LogP contribution >= 0.6 is 0 Å². The van der Waals surface area contributed by atoms with Gasteiger partial charge in [0.05, 0.1) is 13.2 Å². The zero-order chi connectivity index (χ0) is 8.77. The largest absolute Gasteiger partial charge is 0.371 e. The Balaban J connectivity index is 2.28. The number of methoxy groups -OCH3 is 1. The van der Waals surface area contributed by atoms with E-state index in [1.54, 1.807) is 7.11 Å². The average Bonchev–Trinajstić information content (AvgIpc) is 2.56. The molecule has 3 heteroatoms. The smallest absolute Gasteiger partial charge is 0.222 e. The van der Waals surface area contributed by atoms with Gasteiger partial charge in [-0.05, 0) is 25.0 Å². The Morgan fingerprint density at radius 2 is 1.92 bits per heavy atom. The minimum atomic E-state index is -0.529. The Labute approximate surface area is 72.3 Å². The van der Waals surface area contributed by atoms with Crippen LogP contribution in [0.5, 0.6) is 0 Å². The highest BCUT2D eigenvalue weighted by molar-refractivity contribution is 5.38. The molecule has 1 fully saturated rings. The lowest BCUT2D eigenvalue weighted by Crippen LogP contribution is -2.54. The van der Waals surface area contributed by atoms with Crippen LogP contribution in [0.3, 0.4) is 0 Å². The van der Waals surface area contributed by atoms with Crippen LogP contribution in [-0.4, -0.2) is 32.2 Å². The summed E-state index contributed by atoms with van der Waals surface area (Å²) in [5.74, 6) is -0.529. The second kappa shape index (κ2) is 2.55. The highest BCUT2D eigenvalue weighted by atomic mass is 16.8. The molecule has 0 aromatic rings. The molecule has 0 aromatic carbocycles. The maximum Gasteiger partial charge on any atom is 0.222 e. The van der Waals surface area contributed by atoms with Gasteiger partial charge < -0.3 is 14.2 Å². The van der Waals surface area contributed by atoms with E-state index in [0.717, 1.165) is 0 Å². The van der Waals surface area contributed by atoms with Gasteiger partial charge in [-0.25, -0.2) is 0 Å². The number of hydrogen-bond acceptors (Lipinski definition) is 3. The van der Waals surface area contributed by atoms with E-state index in [1.165, 1.54) is 11.1 Å². The summed E-state index contributed by atoms with van der Waals surface area (Å²) in [5, 5.41) is 0. The number of hydrogen-bond donors (Lipinski definition) is 0. The lowest BCUT2D eigenvalue weighted by molar-refractivity contribution is -0.210. The van der Waals surface area contributed by atoms with Gasteiger partial charge in [0.1, 0.15) is 6.10 Å². The van der Waals surface area contributed by atoms with Crippen molar-refractivity contribution in [2.45, 2.75) is 25.7 Å². The molecule has 1 unspecified atom stereocenters. The lowest BCUT2D eigenvalue weighted by atomic mass is 9.80. The van der Waals surface area contributed by atoms with Crippen molar-refractivity contribution in [1.82, 2.24) is 0 Å². The molecule has 2 rings (SSSR count). The van der Waals surface area contributed by atoms with Gasteiger partial charge in [-0.1, -0.05) is 0 Å². The molecule has 0 saturated carbocycles. The van der Waals surface area contributed by atoms with Gasteiger partial charge in [-0.3, -0.25) is 0 Å². The normalized spacial score (nSPS) is 32.8. The maximum absolute atomic E-state index is 5.56. The monoisotopic (exact) mass is 170 g/mol. The van der Waals surface area contributed by atoms with Crippen LogP contribution in [-0.2, 0) is 14.2 Å². The average molecular weight is 170 g/mol. The fraction of sp³-hybridized carbons (Fsp3) is 0.778. The van der Waals surface area contributed by atoms with E-state index in [2.05, 4.69) is 6.92 Å². The number of ether oxygens (including phenoxy) is 3. The van der Waals surface area contributed by atoms with Crippen LogP contribution in [0, 0.1) is 0 Å². The summed E-state index contributed by atoms with van der Waals surface area (Å²) in [6, 6.07) is 0. The fourth-order valence-corrected chi connectivity index (χ4v) is 2.00. The Bertz CT molecular complexity index is 226. The van der Waals surface area contributed by atoms with Crippen LogP contribution in [0.4, 0.5) is 0 Å². The Morgan fingerprint density at radius 1 is 1.33 bits per heavy atom. The second-order valence-electron chi connectivity index (χ2n) is 3.29. The highest BCUT2D eigenvalue weighted by Crippen LogP contribution is 2.46. The molecule has 3 nitrogen and oxygen atoms in total. The molecular weight excluding hydrogens is 156 g/mol. The third kappa shape index (κ3) is 0.762. The van der Waals surface area contributed by atoms with Crippen LogP contribution in [0.1, 0.15) is 13.8 Å². The van der Waals surface area contributed by atoms with E-state index < -0.39 is 5.79 Å². The Hall–Kier alpha value is -0.380. The van der Waals surface area contributed by atoms with Crippen LogP contribution < -0.4 is 0 Å². The van der Waals surface area contributed by atoms with Gasteiger partial charge in [0.15, 0.2) is 0 Å². The first kappa shape index (κ1) is 8.23. The summed E-state index contributed by atoms with van der Waals surface area (Å²) in [5.41, 5.74) is 2.41. The van der Waals surface area contributed by atoms with Gasteiger partial charge in [0.25, 0.3) is 0 Å². The van der Waals surface area contributed by atoms with E-state index in [9.17, 15) is 0 Å². The third-order valence-electron chi connectivity index (χ3n) is 2.80. The summed E-state index contributed by atoms with van der Waals surface area (Å²) in [7, 11) is 1.69. The first-order valence-electron chi connectivity index (χ1n) is 4.21. The molecule has 1 aliphatic carbocycles. The first-order chi connectivity index (χ1) is 5.72. The molecular formula is C9H14O3. The molecule has 0 radical (unpaired) electrons. The topological polar surface area (TPSA) is 27.7 Å². The van der Waals surface area contributed by atoms with Crippen molar-refractivity contribution in [3.05, 3.63) is 11.1 Å². The minimum absolute atomic E-state index is 0.000000000000000222. The minimum Gasteiger partial charge on any atom is -0.371 e. The van der Waals surface area contributed by atoms with E-state index >= 15 is 0 Å². The summed E-state index contributed by atoms with van der Waals surface area (Å²) in [4.78, 5) is 0. The Kier molecular flexibility index (Phi) is 1.75. The summed E-state index contributed by atoms with van der Waals surface area (Å²) < 4.78 is 16.4. The zero-order valence-electron chi connectivity index (χ0n) is 7.72. The van der Waals surface area contributed by atoms with Crippen LogP contribution in [0.2, 0.25) is 0 Å². The van der Waals surface area contributed by atoms with Crippen molar-refractivity contribution in [1.29, 1.82) is 0 Å². The molecule has 0 bridgehead atoms. The molecule has 1 spiro atoms. The Morgan fingerprint density at radius 3 is 2.42 bits per heavy atom. The van der Waals surface area contributed by atoms with E-state index in [-0.39, 0.29) is 6.10 Å². The van der Waals surface area contributed by atoms with Gasteiger partial charge >= 0.3 is 0 Å². The third-order valence-corrected chi connectivity index (χ3v) is 2.80. The second-order valence-corrected chi connectivity index (χ2v) is 3.29. The molecule has 0 N–H and O–H groups in total. The summed E-state index contributed by atoms with van der Waals surface area (Å²) >= 11 is 0. The molecule has 0 aromatic heterocycles. The zero-order valence-corrected chi connectivity index (χ0v) is 7.72. The molecule has 0 amide bonds. The fourth-order valence-electron chi connectivity index (χ4n) is 2.00. The summed E-state index contributed by atoms with van der Waals surface area (Å²) in [6.45, 7) is 5.44. The van der Waals surface area contributed by atoms with Crippen LogP contribution in [0.25, 0.3) is 0 Å². The van der Waals surface area contributed by atoms with Crippen molar-refractivity contribution in [3.63, 3.8) is 0 Å². The SMILES string of the molecule is COC1C(C)=C(C)C12OCCO2. The predicted octanol–water partition coefficient (Wildman–Crippen LogP) is 1.09. The number of rotatable bonds is 1. The van der Waals surface area contributed by atoms with E-state index in [1.807, 2.05) is 6.92 Å². The lowest BCUT2D eigenvalue weighted by Gasteiger charge is -2.45. The molecule has 1 aliphatic heterocycles. The first-order valence-corrected chi connectivity index (χ1v) is 4.21. The molecule has 2 aliphatic rings. The van der Waals surface area contributed by atoms with Crippen molar-refractivity contribution in [2.75, 3.05) is 20.3 Å². The van der Waals surface area contributed by atoms with E-state index in [0.29, 0.717) is 13.2 Å². The van der Waals surface area contributed by atoms with Gasteiger partial charge in [-0.15, -0.1) is 0 Å². The molecule has 68 valence electrons. The highest BCUT2D eigenvalue weighted by Gasteiger charge is 2.55. The van der Waals surface area contributed by atoms with Crippen molar-refractivity contribution >= 4 is 0 Å². The summed E-state index contributed by atoms with van der Waals surface area (Å²) in [6.07, 6.45) is -0.000000000000000222. The molecule has 1 heterocycles. The predicted molar refractivity (Wildman–Crippen MR) is 43.8 cm³/mol. The van der Waals surface area contributed by atoms with Crippen molar-refractivity contribution in [2.24, 2.45) is 0 Å². The van der Waals surface area contributed by atoms with Crippen molar-refractivity contribution in [3.8, 4) is 0 Å². The molecule has 12 heavy (non-hydrogen) atoms. The standard InChI is InChI=1S/C9H14O3/c1-6-7(2)9(8(6)10-3)11-4-5-12-9/h8H,4-5H2,1-3H3. The maximum atomic E-state index is 5.56. The van der Waals surface area contributed by atoms with Gasteiger partial charge in [0, 0.05) is 7.11 Å². The van der Waals surface area contributed by atoms with Crippen molar-refractivity contribution < 1.29 is 14.2 Å².